The van der Waals surface area contributed by atoms with E-state index in [0.717, 1.165) is 25.9 Å². The normalized spacial score (nSPS) is 12.1. The maximum absolute atomic E-state index is 6.04. The molecule has 2 aromatic carbocycles. The van der Waals surface area contributed by atoms with Crippen molar-refractivity contribution in [2.45, 2.75) is 13.0 Å². The van der Waals surface area contributed by atoms with Gasteiger partial charge in [0, 0.05) is 20.0 Å². The zero-order chi connectivity index (χ0) is 14.7. The number of anilines is 1. The molecule has 0 saturated heterocycles. The Bertz CT molecular complexity index is 619. The molecule has 0 spiro atoms. The molecular weight excluding hydrogens is 405 g/mol. The van der Waals surface area contributed by atoms with Gasteiger partial charge in [-0.15, -0.1) is 0 Å². The third-order valence-corrected chi connectivity index (χ3v) is 4.38. The van der Waals surface area contributed by atoms with Gasteiger partial charge in [0.1, 0.15) is 5.75 Å². The van der Waals surface area contributed by atoms with Gasteiger partial charge in [-0.1, -0.05) is 49.5 Å². The van der Waals surface area contributed by atoms with Crippen LogP contribution in [0.15, 0.2) is 45.3 Å². The SMILES string of the molecule is COc1ccc(Cl)cc1NC(C)c1ccc(Br)cc1Br. The van der Waals surface area contributed by atoms with Crippen LogP contribution in [0.25, 0.3) is 0 Å². The van der Waals surface area contributed by atoms with Crippen LogP contribution in [0.2, 0.25) is 5.02 Å². The molecule has 2 aromatic rings. The minimum atomic E-state index is 0.116. The first-order valence-corrected chi connectivity index (χ1v) is 8.02. The predicted octanol–water partition coefficient (Wildman–Crippen LogP) is 6.05. The second kappa shape index (κ2) is 6.83. The molecule has 0 aliphatic heterocycles. The lowest BCUT2D eigenvalue weighted by atomic mass is 10.1. The number of benzene rings is 2. The minimum Gasteiger partial charge on any atom is -0.495 e. The van der Waals surface area contributed by atoms with Gasteiger partial charge in [0.05, 0.1) is 12.8 Å². The lowest BCUT2D eigenvalue weighted by Crippen LogP contribution is -2.08. The van der Waals surface area contributed by atoms with Gasteiger partial charge in [-0.3, -0.25) is 0 Å². The highest BCUT2D eigenvalue weighted by Crippen LogP contribution is 2.33. The van der Waals surface area contributed by atoms with Gasteiger partial charge in [-0.05, 0) is 42.8 Å². The van der Waals surface area contributed by atoms with Crippen LogP contribution in [-0.4, -0.2) is 7.11 Å². The Kier molecular flexibility index (Phi) is 5.35. The van der Waals surface area contributed by atoms with Gasteiger partial charge in [-0.25, -0.2) is 0 Å². The van der Waals surface area contributed by atoms with E-state index in [4.69, 9.17) is 16.3 Å². The first-order chi connectivity index (χ1) is 9.51. The molecule has 2 nitrogen and oxygen atoms in total. The van der Waals surface area contributed by atoms with Crippen molar-refractivity contribution in [3.8, 4) is 5.75 Å². The van der Waals surface area contributed by atoms with E-state index < -0.39 is 0 Å². The summed E-state index contributed by atoms with van der Waals surface area (Å²) < 4.78 is 7.44. The maximum Gasteiger partial charge on any atom is 0.142 e. The monoisotopic (exact) mass is 417 g/mol. The van der Waals surface area contributed by atoms with E-state index in [2.05, 4.69) is 50.2 Å². The zero-order valence-electron chi connectivity index (χ0n) is 11.1. The number of hydrogen-bond acceptors (Lipinski definition) is 2. The molecule has 106 valence electrons. The molecule has 1 N–H and O–H groups in total. The van der Waals surface area contributed by atoms with Crippen LogP contribution >= 0.6 is 43.5 Å². The number of methoxy groups -OCH3 is 1. The van der Waals surface area contributed by atoms with Crippen molar-refractivity contribution in [2.75, 3.05) is 12.4 Å². The molecule has 0 aromatic heterocycles. The van der Waals surface area contributed by atoms with Gasteiger partial charge >= 0.3 is 0 Å². The number of halogens is 3. The summed E-state index contributed by atoms with van der Waals surface area (Å²) in [5.41, 5.74) is 2.04. The molecule has 1 atom stereocenters. The molecule has 0 bridgehead atoms. The Labute approximate surface area is 140 Å². The molecule has 0 fully saturated rings. The van der Waals surface area contributed by atoms with E-state index in [1.165, 1.54) is 0 Å². The zero-order valence-corrected chi connectivity index (χ0v) is 15.0. The van der Waals surface area contributed by atoms with E-state index in [1.54, 1.807) is 7.11 Å². The van der Waals surface area contributed by atoms with Crippen molar-refractivity contribution >= 4 is 49.1 Å². The van der Waals surface area contributed by atoms with Gasteiger partial charge in [0.25, 0.3) is 0 Å². The van der Waals surface area contributed by atoms with Crippen LogP contribution in [0.5, 0.6) is 5.75 Å². The van der Waals surface area contributed by atoms with E-state index in [0.29, 0.717) is 5.02 Å². The van der Waals surface area contributed by atoms with Crippen molar-refractivity contribution < 1.29 is 4.74 Å². The Morgan fingerprint density at radius 3 is 2.55 bits per heavy atom. The summed E-state index contributed by atoms with van der Waals surface area (Å²) in [7, 11) is 1.65. The number of rotatable bonds is 4. The molecule has 5 heteroatoms. The predicted molar refractivity (Wildman–Crippen MR) is 91.9 cm³/mol. The van der Waals surface area contributed by atoms with Crippen molar-refractivity contribution in [1.29, 1.82) is 0 Å². The van der Waals surface area contributed by atoms with E-state index in [1.807, 2.05) is 30.3 Å². The van der Waals surface area contributed by atoms with Gasteiger partial charge in [0.15, 0.2) is 0 Å². The van der Waals surface area contributed by atoms with E-state index >= 15 is 0 Å². The number of hydrogen-bond donors (Lipinski definition) is 1. The lowest BCUT2D eigenvalue weighted by molar-refractivity contribution is 0.416. The van der Waals surface area contributed by atoms with E-state index in [-0.39, 0.29) is 6.04 Å². The summed E-state index contributed by atoms with van der Waals surface area (Å²) >= 11 is 13.1. The third-order valence-electron chi connectivity index (χ3n) is 2.96. The molecule has 20 heavy (non-hydrogen) atoms. The lowest BCUT2D eigenvalue weighted by Gasteiger charge is -2.19. The Morgan fingerprint density at radius 2 is 1.90 bits per heavy atom. The summed E-state index contributed by atoms with van der Waals surface area (Å²) in [6.45, 7) is 2.09. The molecule has 0 amide bonds. The molecular formula is C15H14Br2ClNO. The van der Waals surface area contributed by atoms with Crippen LogP contribution < -0.4 is 10.1 Å². The second-order valence-corrected chi connectivity index (χ2v) is 6.58. The van der Waals surface area contributed by atoms with Crippen molar-refractivity contribution in [3.05, 3.63) is 55.9 Å². The first kappa shape index (κ1) is 15.7. The summed E-state index contributed by atoms with van der Waals surface area (Å²) in [4.78, 5) is 0. The quantitative estimate of drug-likeness (QED) is 0.652. The molecule has 0 aliphatic rings. The molecule has 0 radical (unpaired) electrons. The maximum atomic E-state index is 6.04. The molecule has 0 saturated carbocycles. The largest absolute Gasteiger partial charge is 0.495 e. The molecule has 1 unspecified atom stereocenters. The summed E-state index contributed by atoms with van der Waals surface area (Å²) in [5, 5.41) is 4.10. The number of nitrogens with one attached hydrogen (secondary N) is 1. The van der Waals surface area contributed by atoms with Gasteiger partial charge < -0.3 is 10.1 Å². The van der Waals surface area contributed by atoms with Crippen molar-refractivity contribution in [1.82, 2.24) is 0 Å². The van der Waals surface area contributed by atoms with Crippen LogP contribution in [0.3, 0.4) is 0 Å². The topological polar surface area (TPSA) is 21.3 Å². The second-order valence-electron chi connectivity index (χ2n) is 4.38. The Morgan fingerprint density at radius 1 is 1.15 bits per heavy atom. The summed E-state index contributed by atoms with van der Waals surface area (Å²) in [6.07, 6.45) is 0. The summed E-state index contributed by atoms with van der Waals surface area (Å²) in [6, 6.07) is 11.8. The minimum absolute atomic E-state index is 0.116. The molecule has 0 heterocycles. The fraction of sp³-hybridized carbons (Fsp3) is 0.200. The van der Waals surface area contributed by atoms with Crippen LogP contribution in [0.4, 0.5) is 5.69 Å². The fourth-order valence-electron chi connectivity index (χ4n) is 1.96. The van der Waals surface area contributed by atoms with Gasteiger partial charge in [-0.2, -0.15) is 0 Å². The molecule has 0 aliphatic carbocycles. The standard InChI is InChI=1S/C15H14Br2ClNO/c1-9(12-5-3-10(16)7-13(12)17)19-14-8-11(18)4-6-15(14)20-2/h3-9,19H,1-2H3. The van der Waals surface area contributed by atoms with Crippen molar-refractivity contribution in [2.24, 2.45) is 0 Å². The Balaban J connectivity index is 2.27. The van der Waals surface area contributed by atoms with Crippen LogP contribution in [0, 0.1) is 0 Å². The fourth-order valence-corrected chi connectivity index (χ4v) is 3.52. The highest BCUT2D eigenvalue weighted by molar-refractivity contribution is 9.11. The first-order valence-electron chi connectivity index (χ1n) is 6.06. The van der Waals surface area contributed by atoms with Gasteiger partial charge in [0.2, 0.25) is 0 Å². The average molecular weight is 420 g/mol. The summed E-state index contributed by atoms with van der Waals surface area (Å²) in [5.74, 6) is 0.773. The Hall–Kier alpha value is -0.710. The highest BCUT2D eigenvalue weighted by Gasteiger charge is 2.12. The van der Waals surface area contributed by atoms with Crippen LogP contribution in [0.1, 0.15) is 18.5 Å². The smallest absolute Gasteiger partial charge is 0.142 e. The molecule has 2 rings (SSSR count). The van der Waals surface area contributed by atoms with Crippen molar-refractivity contribution in [3.63, 3.8) is 0 Å². The number of ether oxygens (including phenoxy) is 1. The van der Waals surface area contributed by atoms with E-state index in [9.17, 15) is 0 Å². The average Bonchev–Trinajstić information content (AvgIpc) is 2.38. The third kappa shape index (κ3) is 3.68. The highest BCUT2D eigenvalue weighted by atomic mass is 79.9. The van der Waals surface area contributed by atoms with Crippen LogP contribution in [-0.2, 0) is 0 Å².